The summed E-state index contributed by atoms with van der Waals surface area (Å²) in [6.07, 6.45) is 1.03. The summed E-state index contributed by atoms with van der Waals surface area (Å²) < 4.78 is 1.65. The topological polar surface area (TPSA) is 176 Å². The van der Waals surface area contributed by atoms with E-state index in [0.717, 1.165) is 33.6 Å². The summed E-state index contributed by atoms with van der Waals surface area (Å²) in [7, 11) is 0. The molecule has 12 nitrogen and oxygen atoms in total. The fourth-order valence-corrected chi connectivity index (χ4v) is 2.83. The first-order valence-electron chi connectivity index (χ1n) is 8.07. The van der Waals surface area contributed by atoms with E-state index in [2.05, 4.69) is 26.3 Å². The lowest BCUT2D eigenvalue weighted by molar-refractivity contribution is -0.394. The quantitative estimate of drug-likeness (QED) is 0.407. The van der Waals surface area contributed by atoms with E-state index in [-0.39, 0.29) is 22.6 Å². The van der Waals surface area contributed by atoms with Crippen LogP contribution in [0.15, 0.2) is 53.1 Å². The number of nitrogens with one attached hydrogen (secondary N) is 1. The molecule has 0 unspecified atom stereocenters. The largest absolute Gasteiger partial charge is 0.365 e. The molecule has 1 aromatic heterocycles. The standard InChI is InChI=1S/C17H11BrN6O6/c18-10-3-1-9(2-4-10)17(26)21-16-12(15(19)25)8-20-22(16)13-6-5-11(23(27)28)7-14(13)24(29)30/h1-8H,(H2,19,25)(H,21,26). The van der Waals surface area contributed by atoms with Crippen LogP contribution in [0.5, 0.6) is 0 Å². The molecule has 1 heterocycles. The van der Waals surface area contributed by atoms with Crippen molar-refractivity contribution in [2.45, 2.75) is 0 Å². The van der Waals surface area contributed by atoms with Crippen LogP contribution in [0.25, 0.3) is 5.69 Å². The summed E-state index contributed by atoms with van der Waals surface area (Å²) in [5.41, 5.74) is 4.00. The van der Waals surface area contributed by atoms with Crippen molar-refractivity contribution >= 4 is 44.9 Å². The van der Waals surface area contributed by atoms with Crippen molar-refractivity contribution in [3.63, 3.8) is 0 Å². The van der Waals surface area contributed by atoms with Gasteiger partial charge in [-0.05, 0) is 30.3 Å². The van der Waals surface area contributed by atoms with Crippen LogP contribution in [0.2, 0.25) is 0 Å². The zero-order valence-electron chi connectivity index (χ0n) is 14.8. The molecular formula is C17H11BrN6O6. The van der Waals surface area contributed by atoms with Gasteiger partial charge in [0.15, 0.2) is 0 Å². The number of nitrogens with two attached hydrogens (primary N) is 1. The average molecular weight is 475 g/mol. The highest BCUT2D eigenvalue weighted by Gasteiger charge is 2.26. The molecule has 0 bridgehead atoms. The minimum absolute atomic E-state index is 0.201. The zero-order chi connectivity index (χ0) is 22.0. The Kier molecular flexibility index (Phi) is 5.55. The summed E-state index contributed by atoms with van der Waals surface area (Å²) >= 11 is 3.25. The number of hydrogen-bond acceptors (Lipinski definition) is 7. The molecule has 2 aromatic carbocycles. The highest BCUT2D eigenvalue weighted by atomic mass is 79.9. The number of anilines is 1. The van der Waals surface area contributed by atoms with Gasteiger partial charge in [0.25, 0.3) is 17.5 Å². The first kappa shape index (κ1) is 20.6. The Balaban J connectivity index is 2.12. The van der Waals surface area contributed by atoms with Crippen molar-refractivity contribution in [1.29, 1.82) is 0 Å². The Hall–Kier alpha value is -4.13. The molecule has 0 atom stereocenters. The third-order valence-corrected chi connectivity index (χ3v) is 4.50. The van der Waals surface area contributed by atoms with Gasteiger partial charge in [0.05, 0.1) is 22.1 Å². The molecule has 0 saturated heterocycles. The maximum atomic E-state index is 12.6. The highest BCUT2D eigenvalue weighted by molar-refractivity contribution is 9.10. The van der Waals surface area contributed by atoms with Crippen LogP contribution in [0, 0.1) is 20.2 Å². The van der Waals surface area contributed by atoms with Crippen molar-refractivity contribution < 1.29 is 19.4 Å². The predicted molar refractivity (Wildman–Crippen MR) is 107 cm³/mol. The van der Waals surface area contributed by atoms with Crippen molar-refractivity contribution in [1.82, 2.24) is 9.78 Å². The van der Waals surface area contributed by atoms with Crippen molar-refractivity contribution in [2.24, 2.45) is 5.73 Å². The number of rotatable bonds is 6. The van der Waals surface area contributed by atoms with Crippen molar-refractivity contribution in [3.8, 4) is 5.69 Å². The average Bonchev–Trinajstić information content (AvgIpc) is 3.11. The number of carbonyl (C=O) groups is 2. The Morgan fingerprint density at radius 1 is 1.07 bits per heavy atom. The van der Waals surface area contributed by atoms with E-state index < -0.39 is 33.0 Å². The second kappa shape index (κ2) is 8.08. The number of aromatic nitrogens is 2. The SMILES string of the molecule is NC(=O)c1cnn(-c2ccc([N+](=O)[O-])cc2[N+](=O)[O-])c1NC(=O)c1ccc(Br)cc1. The van der Waals surface area contributed by atoms with E-state index in [1.54, 1.807) is 12.1 Å². The monoisotopic (exact) mass is 474 g/mol. The van der Waals surface area contributed by atoms with Gasteiger partial charge in [0, 0.05) is 16.1 Å². The number of primary amides is 1. The third kappa shape index (κ3) is 4.00. The number of nitro groups is 2. The Labute approximate surface area is 175 Å². The number of nitro benzene ring substituents is 2. The summed E-state index contributed by atoms with van der Waals surface area (Å²) in [5, 5.41) is 28.8. The molecule has 0 fully saturated rings. The summed E-state index contributed by atoms with van der Waals surface area (Å²) in [6.45, 7) is 0. The molecule has 13 heteroatoms. The van der Waals surface area contributed by atoms with Gasteiger partial charge in [0.1, 0.15) is 17.1 Å². The van der Waals surface area contributed by atoms with Gasteiger partial charge in [0.2, 0.25) is 0 Å². The van der Waals surface area contributed by atoms with E-state index in [0.29, 0.717) is 0 Å². The van der Waals surface area contributed by atoms with Crippen LogP contribution in [0.3, 0.4) is 0 Å². The fraction of sp³-hybridized carbons (Fsp3) is 0. The van der Waals surface area contributed by atoms with Gasteiger partial charge in [-0.3, -0.25) is 29.8 Å². The number of non-ortho nitro benzene ring substituents is 1. The summed E-state index contributed by atoms with van der Waals surface area (Å²) in [5.74, 6) is -1.78. The fourth-order valence-electron chi connectivity index (χ4n) is 2.56. The molecule has 30 heavy (non-hydrogen) atoms. The first-order valence-corrected chi connectivity index (χ1v) is 8.86. The molecule has 0 aliphatic heterocycles. The summed E-state index contributed by atoms with van der Waals surface area (Å²) in [4.78, 5) is 45.2. The normalized spacial score (nSPS) is 10.4. The molecule has 3 aromatic rings. The third-order valence-electron chi connectivity index (χ3n) is 3.97. The van der Waals surface area contributed by atoms with E-state index in [1.165, 1.54) is 12.1 Å². The lowest BCUT2D eigenvalue weighted by Crippen LogP contribution is -2.20. The van der Waals surface area contributed by atoms with Gasteiger partial charge in [-0.1, -0.05) is 15.9 Å². The second-order valence-electron chi connectivity index (χ2n) is 5.83. The Morgan fingerprint density at radius 3 is 2.30 bits per heavy atom. The van der Waals surface area contributed by atoms with Crippen molar-refractivity contribution in [3.05, 3.63) is 84.5 Å². The predicted octanol–water partition coefficient (Wildman–Crippen LogP) is 2.80. The molecule has 0 spiro atoms. The number of halogens is 1. The van der Waals surface area contributed by atoms with E-state index >= 15 is 0 Å². The summed E-state index contributed by atoms with van der Waals surface area (Å²) in [6, 6.07) is 9.15. The smallest absolute Gasteiger partial charge is 0.301 e. The number of benzene rings is 2. The van der Waals surface area contributed by atoms with Crippen LogP contribution in [-0.4, -0.2) is 31.4 Å². The minimum Gasteiger partial charge on any atom is -0.365 e. The molecule has 0 aliphatic carbocycles. The molecule has 3 rings (SSSR count). The second-order valence-corrected chi connectivity index (χ2v) is 6.75. The van der Waals surface area contributed by atoms with Gasteiger partial charge < -0.3 is 11.1 Å². The Morgan fingerprint density at radius 2 is 1.73 bits per heavy atom. The molecule has 0 radical (unpaired) electrons. The molecule has 2 amide bonds. The van der Waals surface area contributed by atoms with Gasteiger partial charge in [-0.25, -0.2) is 4.68 Å². The number of hydrogen-bond donors (Lipinski definition) is 2. The lowest BCUT2D eigenvalue weighted by Gasteiger charge is -2.11. The molecule has 0 saturated carbocycles. The number of carbonyl (C=O) groups excluding carboxylic acids is 2. The van der Waals surface area contributed by atoms with E-state index in [9.17, 15) is 29.8 Å². The van der Waals surface area contributed by atoms with Crippen LogP contribution in [-0.2, 0) is 0 Å². The van der Waals surface area contributed by atoms with Gasteiger partial charge >= 0.3 is 5.69 Å². The van der Waals surface area contributed by atoms with Gasteiger partial charge in [-0.2, -0.15) is 5.10 Å². The molecule has 3 N–H and O–H groups in total. The highest BCUT2D eigenvalue weighted by Crippen LogP contribution is 2.31. The zero-order valence-corrected chi connectivity index (χ0v) is 16.4. The molecule has 0 aliphatic rings. The number of amides is 2. The van der Waals surface area contributed by atoms with Gasteiger partial charge in [-0.15, -0.1) is 0 Å². The first-order chi connectivity index (χ1) is 14.2. The Bertz CT molecular complexity index is 1190. The maximum absolute atomic E-state index is 12.6. The minimum atomic E-state index is -0.933. The van der Waals surface area contributed by atoms with Crippen LogP contribution in [0.4, 0.5) is 17.2 Å². The maximum Gasteiger partial charge on any atom is 0.301 e. The van der Waals surface area contributed by atoms with Crippen LogP contribution >= 0.6 is 15.9 Å². The molecular weight excluding hydrogens is 464 g/mol. The van der Waals surface area contributed by atoms with E-state index in [4.69, 9.17) is 5.73 Å². The van der Waals surface area contributed by atoms with E-state index in [1.807, 2.05) is 0 Å². The lowest BCUT2D eigenvalue weighted by atomic mass is 10.2. The van der Waals surface area contributed by atoms with Crippen LogP contribution < -0.4 is 11.1 Å². The van der Waals surface area contributed by atoms with Crippen LogP contribution in [0.1, 0.15) is 20.7 Å². The van der Waals surface area contributed by atoms with Crippen molar-refractivity contribution in [2.75, 3.05) is 5.32 Å². The molecule has 152 valence electrons. The number of nitrogens with zero attached hydrogens (tertiary/aromatic N) is 4.